The summed E-state index contributed by atoms with van der Waals surface area (Å²) in [6, 6.07) is 7.33. The zero-order valence-electron chi connectivity index (χ0n) is 14.3. The number of rotatable bonds is 6. The van der Waals surface area contributed by atoms with E-state index in [1.54, 1.807) is 6.07 Å². The lowest BCUT2D eigenvalue weighted by molar-refractivity contribution is -0.159. The predicted octanol–water partition coefficient (Wildman–Crippen LogP) is 4.05. The van der Waals surface area contributed by atoms with Crippen LogP contribution in [-0.4, -0.2) is 25.2 Å². The quantitative estimate of drug-likeness (QED) is 0.742. The molecule has 23 heavy (non-hydrogen) atoms. The monoisotopic (exact) mass is 318 g/mol. The molecule has 2 unspecified atom stereocenters. The second-order valence-electron chi connectivity index (χ2n) is 6.41. The third-order valence-corrected chi connectivity index (χ3v) is 4.78. The first-order valence-electron chi connectivity index (χ1n) is 8.39. The third-order valence-electron chi connectivity index (χ3n) is 4.78. The molecule has 0 aliphatic heterocycles. The first-order chi connectivity index (χ1) is 11.0. The van der Waals surface area contributed by atoms with Crippen molar-refractivity contribution in [2.45, 2.75) is 58.5 Å². The third kappa shape index (κ3) is 3.74. The smallest absolute Gasteiger partial charge is 0.338 e. The molecule has 0 heterocycles. The van der Waals surface area contributed by atoms with Crippen molar-refractivity contribution >= 4 is 11.9 Å². The summed E-state index contributed by atoms with van der Waals surface area (Å²) in [5, 5.41) is 0. The van der Waals surface area contributed by atoms with E-state index in [1.807, 2.05) is 25.1 Å². The summed E-state index contributed by atoms with van der Waals surface area (Å²) in [5.74, 6) is -0.601. The van der Waals surface area contributed by atoms with Crippen LogP contribution in [-0.2, 0) is 14.3 Å². The molecule has 2 rings (SSSR count). The van der Waals surface area contributed by atoms with Crippen molar-refractivity contribution in [2.24, 2.45) is 5.41 Å². The summed E-state index contributed by atoms with van der Waals surface area (Å²) >= 11 is 0. The van der Waals surface area contributed by atoms with Crippen molar-refractivity contribution in [3.05, 3.63) is 35.4 Å². The van der Waals surface area contributed by atoms with E-state index in [0.717, 1.165) is 37.7 Å². The number of unbranched alkanes of at least 4 members (excludes halogenated alkanes) is 1. The second kappa shape index (κ2) is 7.62. The number of benzene rings is 1. The maximum atomic E-state index is 12.5. The van der Waals surface area contributed by atoms with Crippen LogP contribution in [0.1, 0.15) is 61.4 Å². The van der Waals surface area contributed by atoms with Crippen molar-refractivity contribution < 1.29 is 19.1 Å². The maximum Gasteiger partial charge on any atom is 0.338 e. The Labute approximate surface area is 138 Å². The fourth-order valence-electron chi connectivity index (χ4n) is 3.50. The highest BCUT2D eigenvalue weighted by Crippen LogP contribution is 2.45. The maximum absolute atomic E-state index is 12.5. The van der Waals surface area contributed by atoms with Crippen LogP contribution in [0, 0.1) is 12.3 Å². The van der Waals surface area contributed by atoms with Gasteiger partial charge in [-0.05, 0) is 44.7 Å². The molecular weight excluding hydrogens is 292 g/mol. The Morgan fingerprint density at radius 2 is 2.13 bits per heavy atom. The molecule has 0 N–H and O–H groups in total. The lowest BCUT2D eigenvalue weighted by Gasteiger charge is -2.32. The van der Waals surface area contributed by atoms with Crippen molar-refractivity contribution in [1.82, 2.24) is 0 Å². The van der Waals surface area contributed by atoms with Crippen molar-refractivity contribution in [3.8, 4) is 0 Å². The van der Waals surface area contributed by atoms with Crippen LogP contribution in [0.2, 0.25) is 0 Å². The summed E-state index contributed by atoms with van der Waals surface area (Å²) in [6.45, 7) is 4.03. The zero-order chi connectivity index (χ0) is 16.9. The van der Waals surface area contributed by atoms with E-state index < -0.39 is 11.5 Å². The molecule has 0 spiro atoms. The van der Waals surface area contributed by atoms with Gasteiger partial charge in [0.1, 0.15) is 11.5 Å². The van der Waals surface area contributed by atoms with Gasteiger partial charge in [0.05, 0.1) is 12.7 Å². The minimum absolute atomic E-state index is 0.245. The van der Waals surface area contributed by atoms with Gasteiger partial charge in [-0.2, -0.15) is 0 Å². The fourth-order valence-corrected chi connectivity index (χ4v) is 3.50. The number of hydrogen-bond acceptors (Lipinski definition) is 4. The first-order valence-corrected chi connectivity index (χ1v) is 8.39. The molecular formula is C19H26O4. The van der Waals surface area contributed by atoms with Gasteiger partial charge in [0.15, 0.2) is 0 Å². The van der Waals surface area contributed by atoms with E-state index >= 15 is 0 Å². The SMILES string of the molecule is CCCCC1(C(=O)OC)CCCC1OC(=O)c1cccc(C)c1. The minimum Gasteiger partial charge on any atom is -0.468 e. The van der Waals surface area contributed by atoms with Gasteiger partial charge in [-0.3, -0.25) is 4.79 Å². The summed E-state index contributed by atoms with van der Waals surface area (Å²) < 4.78 is 10.8. The highest BCUT2D eigenvalue weighted by atomic mass is 16.6. The predicted molar refractivity (Wildman–Crippen MR) is 88.2 cm³/mol. The van der Waals surface area contributed by atoms with Gasteiger partial charge in [0.2, 0.25) is 0 Å². The summed E-state index contributed by atoms with van der Waals surface area (Å²) in [4.78, 5) is 24.9. The summed E-state index contributed by atoms with van der Waals surface area (Å²) in [6.07, 6.45) is 4.56. The number of ether oxygens (including phenoxy) is 2. The molecule has 1 saturated carbocycles. The molecule has 0 saturated heterocycles. The van der Waals surface area contributed by atoms with Crippen molar-refractivity contribution in [2.75, 3.05) is 7.11 Å². The Morgan fingerprint density at radius 3 is 2.78 bits per heavy atom. The molecule has 0 radical (unpaired) electrons. The number of hydrogen-bond donors (Lipinski definition) is 0. The molecule has 0 amide bonds. The Balaban J connectivity index is 2.18. The van der Waals surface area contributed by atoms with Gasteiger partial charge in [-0.25, -0.2) is 4.79 Å². The molecule has 4 nitrogen and oxygen atoms in total. The van der Waals surface area contributed by atoms with Gasteiger partial charge < -0.3 is 9.47 Å². The molecule has 1 aromatic rings. The summed E-state index contributed by atoms with van der Waals surface area (Å²) in [7, 11) is 1.41. The normalized spacial score (nSPS) is 23.5. The average molecular weight is 318 g/mol. The van der Waals surface area contributed by atoms with Crippen LogP contribution < -0.4 is 0 Å². The number of carbonyl (C=O) groups is 2. The first kappa shape index (κ1) is 17.5. The van der Waals surface area contributed by atoms with E-state index in [1.165, 1.54) is 7.11 Å². The van der Waals surface area contributed by atoms with E-state index in [2.05, 4.69) is 6.92 Å². The Kier molecular flexibility index (Phi) is 5.80. The van der Waals surface area contributed by atoms with E-state index in [4.69, 9.17) is 9.47 Å². The van der Waals surface area contributed by atoms with Crippen LogP contribution in [0.15, 0.2) is 24.3 Å². The molecule has 0 aromatic heterocycles. The van der Waals surface area contributed by atoms with E-state index in [-0.39, 0.29) is 11.9 Å². The largest absolute Gasteiger partial charge is 0.468 e. The molecule has 1 aliphatic rings. The van der Waals surface area contributed by atoms with E-state index in [0.29, 0.717) is 12.0 Å². The van der Waals surface area contributed by atoms with E-state index in [9.17, 15) is 9.59 Å². The van der Waals surface area contributed by atoms with Crippen LogP contribution in [0.3, 0.4) is 0 Å². The van der Waals surface area contributed by atoms with Crippen LogP contribution in [0.5, 0.6) is 0 Å². The van der Waals surface area contributed by atoms with Crippen LogP contribution in [0.25, 0.3) is 0 Å². The molecule has 4 heteroatoms. The molecule has 1 aromatic carbocycles. The number of esters is 2. The fraction of sp³-hybridized carbons (Fsp3) is 0.579. The lowest BCUT2D eigenvalue weighted by Crippen LogP contribution is -2.42. The standard InChI is InChI=1S/C19H26O4/c1-4-5-11-19(18(21)22-3)12-7-10-16(19)23-17(20)15-9-6-8-14(2)13-15/h6,8-9,13,16H,4-5,7,10-12H2,1-3H3. The Bertz CT molecular complexity index is 566. The van der Waals surface area contributed by atoms with Gasteiger partial charge in [-0.15, -0.1) is 0 Å². The number of aryl methyl sites for hydroxylation is 1. The van der Waals surface area contributed by atoms with Gasteiger partial charge in [-0.1, -0.05) is 37.5 Å². The average Bonchev–Trinajstić information content (AvgIpc) is 2.95. The lowest BCUT2D eigenvalue weighted by atomic mass is 9.79. The topological polar surface area (TPSA) is 52.6 Å². The molecule has 0 bridgehead atoms. The number of carbonyl (C=O) groups excluding carboxylic acids is 2. The van der Waals surface area contributed by atoms with Crippen LogP contribution in [0.4, 0.5) is 0 Å². The minimum atomic E-state index is -0.676. The molecule has 2 atom stereocenters. The Hall–Kier alpha value is -1.84. The molecule has 1 aliphatic carbocycles. The van der Waals surface area contributed by atoms with Crippen LogP contribution >= 0.6 is 0 Å². The molecule has 126 valence electrons. The highest BCUT2D eigenvalue weighted by Gasteiger charge is 2.51. The summed E-state index contributed by atoms with van der Waals surface area (Å²) in [5.41, 5.74) is 0.867. The zero-order valence-corrected chi connectivity index (χ0v) is 14.3. The highest BCUT2D eigenvalue weighted by molar-refractivity contribution is 5.90. The number of methoxy groups -OCH3 is 1. The second-order valence-corrected chi connectivity index (χ2v) is 6.41. The van der Waals surface area contributed by atoms with Gasteiger partial charge in [0, 0.05) is 0 Å². The Morgan fingerprint density at radius 1 is 1.35 bits per heavy atom. The van der Waals surface area contributed by atoms with Crippen molar-refractivity contribution in [3.63, 3.8) is 0 Å². The van der Waals surface area contributed by atoms with Gasteiger partial charge >= 0.3 is 11.9 Å². The molecule has 1 fully saturated rings. The van der Waals surface area contributed by atoms with Crippen molar-refractivity contribution in [1.29, 1.82) is 0 Å². The van der Waals surface area contributed by atoms with Gasteiger partial charge in [0.25, 0.3) is 0 Å².